The Kier molecular flexibility index (Phi) is 4.37. The third-order valence-electron chi connectivity index (χ3n) is 1.58. The van der Waals surface area contributed by atoms with Crippen LogP contribution in [0, 0.1) is 5.41 Å². The van der Waals surface area contributed by atoms with Gasteiger partial charge in [-0.2, -0.15) is 17.2 Å². The van der Waals surface area contributed by atoms with E-state index >= 15 is 0 Å². The van der Waals surface area contributed by atoms with Crippen molar-refractivity contribution in [3.05, 3.63) is 0 Å². The SMILES string of the molecule is CC(C)(CO)COC(=O)C(F)(F)S(=O)(=O)O. The number of carbonyl (C=O) groups excluding carboxylic acids is 1. The first-order chi connectivity index (χ1) is 6.94. The van der Waals surface area contributed by atoms with Crippen LogP contribution in [0.4, 0.5) is 8.78 Å². The fourth-order valence-corrected chi connectivity index (χ4v) is 0.765. The molecule has 0 fully saturated rings. The molecular weight excluding hydrogens is 250 g/mol. The van der Waals surface area contributed by atoms with E-state index in [1.54, 1.807) is 0 Å². The van der Waals surface area contributed by atoms with E-state index in [4.69, 9.17) is 9.66 Å². The van der Waals surface area contributed by atoms with E-state index in [9.17, 15) is 22.0 Å². The van der Waals surface area contributed by atoms with Gasteiger partial charge in [-0.1, -0.05) is 13.8 Å². The van der Waals surface area contributed by atoms with Crippen LogP contribution in [0.3, 0.4) is 0 Å². The van der Waals surface area contributed by atoms with Crippen LogP contribution in [0.1, 0.15) is 13.8 Å². The quantitative estimate of drug-likeness (QED) is 0.535. The first kappa shape index (κ1) is 15.2. The molecule has 96 valence electrons. The molecule has 0 heterocycles. The summed E-state index contributed by atoms with van der Waals surface area (Å²) in [7, 11) is -5.85. The number of alkyl halides is 2. The summed E-state index contributed by atoms with van der Waals surface area (Å²) in [5.74, 6) is -2.38. The Labute approximate surface area is 91.0 Å². The monoisotopic (exact) mass is 262 g/mol. The van der Waals surface area contributed by atoms with Crippen molar-refractivity contribution in [3.63, 3.8) is 0 Å². The molecule has 0 atom stereocenters. The van der Waals surface area contributed by atoms with Crippen LogP contribution in [-0.2, 0) is 19.6 Å². The maximum Gasteiger partial charge on any atom is 0.465 e. The Morgan fingerprint density at radius 3 is 2.12 bits per heavy atom. The molecule has 16 heavy (non-hydrogen) atoms. The first-order valence-electron chi connectivity index (χ1n) is 4.07. The fraction of sp³-hybridized carbons (Fsp3) is 0.857. The fourth-order valence-electron chi connectivity index (χ4n) is 0.496. The number of hydrogen-bond acceptors (Lipinski definition) is 5. The number of hydrogen-bond donors (Lipinski definition) is 2. The van der Waals surface area contributed by atoms with E-state index in [0.717, 1.165) is 0 Å². The van der Waals surface area contributed by atoms with Gasteiger partial charge in [-0.05, 0) is 0 Å². The van der Waals surface area contributed by atoms with Gasteiger partial charge in [-0.15, -0.1) is 0 Å². The molecule has 0 radical (unpaired) electrons. The lowest BCUT2D eigenvalue weighted by molar-refractivity contribution is -0.165. The Balaban J connectivity index is 4.63. The van der Waals surface area contributed by atoms with Crippen molar-refractivity contribution in [2.24, 2.45) is 5.41 Å². The highest BCUT2D eigenvalue weighted by Gasteiger charge is 2.54. The summed E-state index contributed by atoms with van der Waals surface area (Å²) in [5.41, 5.74) is -0.981. The average molecular weight is 262 g/mol. The van der Waals surface area contributed by atoms with Gasteiger partial charge in [0.1, 0.15) is 0 Å². The van der Waals surface area contributed by atoms with E-state index in [1.165, 1.54) is 13.8 Å². The number of esters is 1. The smallest absolute Gasteiger partial charge is 0.460 e. The zero-order chi connectivity index (χ0) is 13.2. The summed E-state index contributed by atoms with van der Waals surface area (Å²) in [5, 5.41) is 3.72. The summed E-state index contributed by atoms with van der Waals surface area (Å²) in [6.45, 7) is 1.77. The second-order valence-electron chi connectivity index (χ2n) is 3.89. The molecule has 0 saturated carbocycles. The van der Waals surface area contributed by atoms with Crippen LogP contribution < -0.4 is 0 Å². The first-order valence-corrected chi connectivity index (χ1v) is 5.51. The summed E-state index contributed by atoms with van der Waals surface area (Å²) in [6.07, 6.45) is 0. The van der Waals surface area contributed by atoms with Gasteiger partial charge in [0, 0.05) is 5.41 Å². The van der Waals surface area contributed by atoms with Gasteiger partial charge in [0.2, 0.25) is 0 Å². The van der Waals surface area contributed by atoms with E-state index in [2.05, 4.69) is 4.74 Å². The van der Waals surface area contributed by atoms with Gasteiger partial charge in [0.05, 0.1) is 13.2 Å². The van der Waals surface area contributed by atoms with Crippen LogP contribution in [0.2, 0.25) is 0 Å². The van der Waals surface area contributed by atoms with Crippen molar-refractivity contribution in [2.75, 3.05) is 13.2 Å². The Morgan fingerprint density at radius 1 is 1.38 bits per heavy atom. The van der Waals surface area contributed by atoms with E-state index in [0.29, 0.717) is 0 Å². The third-order valence-corrected chi connectivity index (χ3v) is 2.40. The van der Waals surface area contributed by atoms with Gasteiger partial charge < -0.3 is 9.84 Å². The van der Waals surface area contributed by atoms with Crippen LogP contribution >= 0.6 is 0 Å². The lowest BCUT2D eigenvalue weighted by Crippen LogP contribution is -2.40. The van der Waals surface area contributed by atoms with Gasteiger partial charge >= 0.3 is 21.3 Å². The molecule has 0 aromatic heterocycles. The molecule has 0 aliphatic carbocycles. The molecule has 0 unspecified atom stereocenters. The van der Waals surface area contributed by atoms with Gasteiger partial charge in [0.25, 0.3) is 0 Å². The summed E-state index contributed by atoms with van der Waals surface area (Å²) in [6, 6.07) is 0. The summed E-state index contributed by atoms with van der Waals surface area (Å²) in [4.78, 5) is 10.7. The van der Waals surface area contributed by atoms with E-state index < -0.39 is 40.0 Å². The molecule has 2 N–H and O–H groups in total. The van der Waals surface area contributed by atoms with Crippen LogP contribution in [0.25, 0.3) is 0 Å². The second kappa shape index (κ2) is 4.60. The zero-order valence-corrected chi connectivity index (χ0v) is 9.42. The maximum atomic E-state index is 12.6. The molecule has 0 saturated heterocycles. The van der Waals surface area contributed by atoms with Crippen molar-refractivity contribution in [3.8, 4) is 0 Å². The zero-order valence-electron chi connectivity index (χ0n) is 8.61. The van der Waals surface area contributed by atoms with Crippen LogP contribution in [0.5, 0.6) is 0 Å². The number of aliphatic hydroxyl groups excluding tert-OH is 1. The number of ether oxygens (including phenoxy) is 1. The average Bonchev–Trinajstić information content (AvgIpc) is 2.12. The topological polar surface area (TPSA) is 101 Å². The number of carbonyl (C=O) groups is 1. The van der Waals surface area contributed by atoms with Crippen molar-refractivity contribution in [1.82, 2.24) is 0 Å². The predicted molar refractivity (Wildman–Crippen MR) is 48.3 cm³/mol. The number of halogens is 2. The van der Waals surface area contributed by atoms with Crippen molar-refractivity contribution in [2.45, 2.75) is 19.1 Å². The highest BCUT2D eigenvalue weighted by molar-refractivity contribution is 7.87. The molecule has 0 aliphatic rings. The van der Waals surface area contributed by atoms with Gasteiger partial charge in [0.15, 0.2) is 0 Å². The molecule has 0 amide bonds. The summed E-state index contributed by atoms with van der Waals surface area (Å²) < 4.78 is 57.6. The minimum absolute atomic E-state index is 0.447. The molecule has 0 aliphatic heterocycles. The normalized spacial score (nSPS) is 13.6. The lowest BCUT2D eigenvalue weighted by atomic mass is 9.97. The summed E-state index contributed by atoms with van der Waals surface area (Å²) >= 11 is 0. The third kappa shape index (κ3) is 3.65. The maximum absolute atomic E-state index is 12.6. The van der Waals surface area contributed by atoms with Crippen molar-refractivity contribution in [1.29, 1.82) is 0 Å². The van der Waals surface area contributed by atoms with Crippen LogP contribution in [0.15, 0.2) is 0 Å². The Bertz CT molecular complexity index is 361. The van der Waals surface area contributed by atoms with E-state index in [-0.39, 0.29) is 0 Å². The molecule has 0 bridgehead atoms. The van der Waals surface area contributed by atoms with Crippen molar-refractivity contribution < 1.29 is 36.4 Å². The number of rotatable bonds is 5. The minimum atomic E-state index is -5.85. The van der Waals surface area contributed by atoms with Gasteiger partial charge in [-0.25, -0.2) is 4.79 Å². The molecule has 6 nitrogen and oxygen atoms in total. The highest BCUT2D eigenvalue weighted by Crippen LogP contribution is 2.24. The Morgan fingerprint density at radius 2 is 1.81 bits per heavy atom. The minimum Gasteiger partial charge on any atom is -0.460 e. The molecular formula is C7H12F2O6S. The van der Waals surface area contributed by atoms with Crippen molar-refractivity contribution >= 4 is 16.1 Å². The number of aliphatic hydroxyl groups is 1. The molecule has 9 heteroatoms. The van der Waals surface area contributed by atoms with E-state index in [1.807, 2.05) is 0 Å². The van der Waals surface area contributed by atoms with Crippen LogP contribution in [-0.4, -0.2) is 42.5 Å². The predicted octanol–water partition coefficient (Wildman–Crippen LogP) is 0.0287. The molecule has 0 rings (SSSR count). The second-order valence-corrected chi connectivity index (χ2v) is 5.35. The lowest BCUT2D eigenvalue weighted by Gasteiger charge is -2.22. The highest BCUT2D eigenvalue weighted by atomic mass is 32.2. The molecule has 0 aromatic rings. The largest absolute Gasteiger partial charge is 0.465 e. The molecule has 0 aromatic carbocycles. The standard InChI is InChI=1S/C7H12F2O6S/c1-6(2,3-10)4-15-5(11)7(8,9)16(12,13)14/h10H,3-4H2,1-2H3,(H,12,13,14). The van der Waals surface area contributed by atoms with Gasteiger partial charge in [-0.3, -0.25) is 4.55 Å². The Hall–Kier alpha value is -0.800. The molecule has 0 spiro atoms.